The Bertz CT molecular complexity index is 488. The number of halogens is 1. The molecule has 0 aromatic heterocycles. The molecule has 19 heavy (non-hydrogen) atoms. The molecule has 0 fully saturated rings. The van der Waals surface area contributed by atoms with Gasteiger partial charge in [0.2, 0.25) is 5.75 Å². The van der Waals surface area contributed by atoms with Gasteiger partial charge in [0, 0.05) is 6.07 Å². The molecule has 0 aliphatic carbocycles. The fourth-order valence-electron chi connectivity index (χ4n) is 1.41. The number of rotatable bonds is 7. The van der Waals surface area contributed by atoms with E-state index in [2.05, 4.69) is 5.32 Å². The Kier molecular flexibility index (Phi) is 5.70. The molecule has 0 amide bonds. The van der Waals surface area contributed by atoms with Crippen LogP contribution in [0.2, 0.25) is 0 Å². The minimum absolute atomic E-state index is 0.154. The smallest absolute Gasteiger partial charge is 0.314 e. The number of nitro benzene ring substituents is 1. The van der Waals surface area contributed by atoms with E-state index in [0.717, 1.165) is 18.6 Å². The van der Waals surface area contributed by atoms with Crippen molar-refractivity contribution in [3.8, 4) is 11.8 Å². The second kappa shape index (κ2) is 7.28. The number of ether oxygens (including phenoxy) is 1. The van der Waals surface area contributed by atoms with Crippen LogP contribution < -0.4 is 10.1 Å². The van der Waals surface area contributed by atoms with Crippen LogP contribution in [0.1, 0.15) is 13.3 Å². The Balaban J connectivity index is 2.77. The fourth-order valence-corrected chi connectivity index (χ4v) is 1.41. The molecule has 1 aromatic carbocycles. The van der Waals surface area contributed by atoms with Gasteiger partial charge in [-0.25, -0.2) is 4.39 Å². The maximum Gasteiger partial charge on any atom is 0.314 e. The minimum Gasteiger partial charge on any atom is -0.482 e. The molecule has 0 spiro atoms. The van der Waals surface area contributed by atoms with Crippen molar-refractivity contribution in [3.63, 3.8) is 0 Å². The molecule has 102 valence electrons. The van der Waals surface area contributed by atoms with Gasteiger partial charge >= 0.3 is 5.69 Å². The Morgan fingerprint density at radius 2 is 2.37 bits per heavy atom. The summed E-state index contributed by atoms with van der Waals surface area (Å²) < 4.78 is 18.6. The molecule has 0 heterocycles. The molecule has 7 heteroatoms. The van der Waals surface area contributed by atoms with Gasteiger partial charge in [0.05, 0.1) is 11.0 Å². The number of hydrogen-bond acceptors (Lipinski definition) is 5. The van der Waals surface area contributed by atoms with Crippen molar-refractivity contribution >= 4 is 5.69 Å². The van der Waals surface area contributed by atoms with Crippen LogP contribution in [0, 0.1) is 27.3 Å². The van der Waals surface area contributed by atoms with Crippen LogP contribution >= 0.6 is 0 Å². The van der Waals surface area contributed by atoms with Crippen LogP contribution in [0.3, 0.4) is 0 Å². The van der Waals surface area contributed by atoms with E-state index in [4.69, 9.17) is 10.00 Å². The van der Waals surface area contributed by atoms with Crippen LogP contribution in [0.4, 0.5) is 10.1 Å². The van der Waals surface area contributed by atoms with E-state index in [-0.39, 0.29) is 6.61 Å². The first-order chi connectivity index (χ1) is 9.10. The predicted molar refractivity (Wildman–Crippen MR) is 66.2 cm³/mol. The van der Waals surface area contributed by atoms with Crippen LogP contribution in [0.15, 0.2) is 18.2 Å². The molecule has 0 radical (unpaired) electrons. The van der Waals surface area contributed by atoms with E-state index in [0.29, 0.717) is 6.54 Å². The van der Waals surface area contributed by atoms with Crippen molar-refractivity contribution in [1.29, 1.82) is 5.26 Å². The van der Waals surface area contributed by atoms with E-state index in [9.17, 15) is 14.5 Å². The molecular weight excluding hydrogens is 253 g/mol. The van der Waals surface area contributed by atoms with Gasteiger partial charge in [0.15, 0.2) is 5.82 Å². The van der Waals surface area contributed by atoms with Gasteiger partial charge in [0.25, 0.3) is 0 Å². The average Bonchev–Trinajstić information content (AvgIpc) is 2.40. The van der Waals surface area contributed by atoms with E-state index >= 15 is 0 Å². The number of benzene rings is 1. The zero-order valence-electron chi connectivity index (χ0n) is 10.4. The number of nitro groups is 1. The van der Waals surface area contributed by atoms with Gasteiger partial charge in [-0.2, -0.15) is 5.26 Å². The Morgan fingerprint density at radius 3 is 2.95 bits per heavy atom. The summed E-state index contributed by atoms with van der Waals surface area (Å²) in [7, 11) is 0. The van der Waals surface area contributed by atoms with Gasteiger partial charge in [-0.05, 0) is 19.0 Å². The van der Waals surface area contributed by atoms with E-state index in [1.807, 2.05) is 13.0 Å². The molecular formula is C12H14FN3O3. The van der Waals surface area contributed by atoms with Crippen molar-refractivity contribution in [3.05, 3.63) is 34.1 Å². The molecule has 0 saturated heterocycles. The lowest BCUT2D eigenvalue weighted by Gasteiger charge is -2.12. The zero-order chi connectivity index (χ0) is 14.3. The summed E-state index contributed by atoms with van der Waals surface area (Å²) in [5, 5.41) is 22.5. The Hall–Kier alpha value is -2.20. The highest BCUT2D eigenvalue weighted by Crippen LogP contribution is 2.29. The van der Waals surface area contributed by atoms with Gasteiger partial charge in [0.1, 0.15) is 12.6 Å². The standard InChI is InChI=1S/C12H14FN3O3/c1-2-6-15-9(7-14)8-19-12-10(13)4-3-5-11(12)16(17)18/h3-5,9,15H,2,6,8H2,1H3. The fraction of sp³-hybridized carbons (Fsp3) is 0.417. The van der Waals surface area contributed by atoms with Gasteiger partial charge in [-0.1, -0.05) is 13.0 Å². The summed E-state index contributed by atoms with van der Waals surface area (Å²) in [6.45, 7) is 2.39. The molecule has 1 aromatic rings. The first-order valence-electron chi connectivity index (χ1n) is 5.78. The molecule has 1 rings (SSSR count). The number of para-hydroxylation sites is 1. The summed E-state index contributed by atoms with van der Waals surface area (Å²) in [4.78, 5) is 10.0. The molecule has 6 nitrogen and oxygen atoms in total. The third-order valence-corrected chi connectivity index (χ3v) is 2.33. The normalized spacial score (nSPS) is 11.6. The number of nitrogens with zero attached hydrogens (tertiary/aromatic N) is 2. The summed E-state index contributed by atoms with van der Waals surface area (Å²) in [6, 6.07) is 4.77. The average molecular weight is 267 g/mol. The number of hydrogen-bond donors (Lipinski definition) is 1. The van der Waals surface area contributed by atoms with Crippen molar-refractivity contribution in [2.24, 2.45) is 0 Å². The topological polar surface area (TPSA) is 88.2 Å². The highest BCUT2D eigenvalue weighted by atomic mass is 19.1. The molecule has 1 unspecified atom stereocenters. The van der Waals surface area contributed by atoms with Gasteiger partial charge in [-0.15, -0.1) is 0 Å². The van der Waals surface area contributed by atoms with Crippen LogP contribution in [0.5, 0.6) is 5.75 Å². The molecule has 0 aliphatic heterocycles. The van der Waals surface area contributed by atoms with Crippen LogP contribution in [-0.4, -0.2) is 24.1 Å². The van der Waals surface area contributed by atoms with E-state index in [1.54, 1.807) is 0 Å². The largest absolute Gasteiger partial charge is 0.482 e. The van der Waals surface area contributed by atoms with E-state index in [1.165, 1.54) is 6.07 Å². The summed E-state index contributed by atoms with van der Waals surface area (Å²) in [6.07, 6.45) is 0.831. The maximum absolute atomic E-state index is 13.5. The first kappa shape index (κ1) is 14.9. The number of nitrogens with one attached hydrogen (secondary N) is 1. The predicted octanol–water partition coefficient (Wildman–Crippen LogP) is 2.00. The van der Waals surface area contributed by atoms with Crippen molar-refractivity contribution in [2.75, 3.05) is 13.2 Å². The van der Waals surface area contributed by atoms with Crippen molar-refractivity contribution in [1.82, 2.24) is 5.32 Å². The summed E-state index contributed by atoms with van der Waals surface area (Å²) in [5.74, 6) is -1.26. The lowest BCUT2D eigenvalue weighted by atomic mass is 10.3. The third kappa shape index (κ3) is 4.19. The monoisotopic (exact) mass is 267 g/mol. The minimum atomic E-state index is -0.818. The van der Waals surface area contributed by atoms with Crippen LogP contribution in [-0.2, 0) is 0 Å². The molecule has 1 N–H and O–H groups in total. The Morgan fingerprint density at radius 1 is 1.63 bits per heavy atom. The number of nitriles is 1. The maximum atomic E-state index is 13.5. The SMILES string of the molecule is CCCNC(C#N)COc1c(F)cccc1[N+](=O)[O-]. The van der Waals surface area contributed by atoms with Crippen LogP contribution in [0.25, 0.3) is 0 Å². The Labute approximate surface area is 109 Å². The summed E-state index contributed by atoms with van der Waals surface area (Å²) >= 11 is 0. The highest BCUT2D eigenvalue weighted by molar-refractivity contribution is 5.46. The van der Waals surface area contributed by atoms with Crippen molar-refractivity contribution < 1.29 is 14.1 Å². The molecule has 1 atom stereocenters. The van der Waals surface area contributed by atoms with Gasteiger partial charge in [-0.3, -0.25) is 15.4 Å². The second-order valence-electron chi connectivity index (χ2n) is 3.79. The molecule has 0 saturated carbocycles. The lowest BCUT2D eigenvalue weighted by molar-refractivity contribution is -0.386. The first-order valence-corrected chi connectivity index (χ1v) is 5.78. The lowest BCUT2D eigenvalue weighted by Crippen LogP contribution is -2.34. The third-order valence-electron chi connectivity index (χ3n) is 2.33. The quantitative estimate of drug-likeness (QED) is 0.603. The highest BCUT2D eigenvalue weighted by Gasteiger charge is 2.20. The zero-order valence-corrected chi connectivity index (χ0v) is 10.4. The second-order valence-corrected chi connectivity index (χ2v) is 3.79. The van der Waals surface area contributed by atoms with Crippen molar-refractivity contribution in [2.45, 2.75) is 19.4 Å². The molecule has 0 bridgehead atoms. The summed E-state index contributed by atoms with van der Waals surface area (Å²) in [5.41, 5.74) is -0.452. The van der Waals surface area contributed by atoms with E-state index < -0.39 is 28.2 Å². The molecule has 0 aliphatic rings. The van der Waals surface area contributed by atoms with Gasteiger partial charge < -0.3 is 4.74 Å².